The van der Waals surface area contributed by atoms with Crippen molar-refractivity contribution >= 4 is 22.3 Å². The Kier molecular flexibility index (Phi) is 4.94. The minimum absolute atomic E-state index is 0.0785. The topological polar surface area (TPSA) is 69.3 Å². The smallest absolute Gasteiger partial charge is 0.191 e. The van der Waals surface area contributed by atoms with E-state index in [1.54, 1.807) is 10.8 Å². The Bertz CT molecular complexity index is 845. The number of nitrogens with two attached hydrogens (primary N) is 1. The van der Waals surface area contributed by atoms with Gasteiger partial charge in [-0.1, -0.05) is 0 Å². The standard InChI is InChI=1S/C18H23F2N3O2/c1-10(2)25-9-3-7-22-17-14(19)16(21)13-12(24)6-8-23(11-4-5-11)18(13)15(17)20/h6,8,10-11,22H,3-5,7,9,21H2,1-2H3. The third-order valence-electron chi connectivity index (χ3n) is 4.29. The number of nitrogens with one attached hydrogen (secondary N) is 1. The van der Waals surface area contributed by atoms with E-state index >= 15 is 4.39 Å². The maximum atomic E-state index is 15.0. The zero-order valence-electron chi connectivity index (χ0n) is 14.4. The van der Waals surface area contributed by atoms with E-state index in [0.29, 0.717) is 19.6 Å². The van der Waals surface area contributed by atoms with Gasteiger partial charge in [-0.05, 0) is 33.1 Å². The molecule has 1 aliphatic carbocycles. The lowest BCUT2D eigenvalue weighted by Gasteiger charge is -2.17. The summed E-state index contributed by atoms with van der Waals surface area (Å²) in [7, 11) is 0. The fourth-order valence-electron chi connectivity index (χ4n) is 2.91. The van der Waals surface area contributed by atoms with E-state index in [0.717, 1.165) is 12.8 Å². The molecule has 25 heavy (non-hydrogen) atoms. The van der Waals surface area contributed by atoms with Crippen LogP contribution in [0.25, 0.3) is 10.9 Å². The van der Waals surface area contributed by atoms with Crippen LogP contribution in [0.1, 0.15) is 39.2 Å². The van der Waals surface area contributed by atoms with Gasteiger partial charge in [-0.15, -0.1) is 0 Å². The molecule has 0 amide bonds. The van der Waals surface area contributed by atoms with Crippen LogP contribution in [0, 0.1) is 11.6 Å². The van der Waals surface area contributed by atoms with Gasteiger partial charge in [0, 0.05) is 31.5 Å². The zero-order chi connectivity index (χ0) is 18.1. The second-order valence-corrected chi connectivity index (χ2v) is 6.66. The highest BCUT2D eigenvalue weighted by Crippen LogP contribution is 2.40. The Hall–Kier alpha value is -2.15. The third-order valence-corrected chi connectivity index (χ3v) is 4.29. The van der Waals surface area contributed by atoms with Crippen LogP contribution < -0.4 is 16.5 Å². The van der Waals surface area contributed by atoms with Crippen molar-refractivity contribution < 1.29 is 13.5 Å². The molecular formula is C18H23F2N3O2. The van der Waals surface area contributed by atoms with Crippen LogP contribution in [-0.2, 0) is 4.74 Å². The fraction of sp³-hybridized carbons (Fsp3) is 0.500. The number of fused-ring (bicyclic) bond motifs is 1. The summed E-state index contributed by atoms with van der Waals surface area (Å²) in [5.41, 5.74) is 4.84. The van der Waals surface area contributed by atoms with Gasteiger partial charge >= 0.3 is 0 Å². The van der Waals surface area contributed by atoms with Crippen molar-refractivity contribution in [1.29, 1.82) is 0 Å². The molecule has 1 aromatic carbocycles. The highest BCUT2D eigenvalue weighted by atomic mass is 19.1. The van der Waals surface area contributed by atoms with Crippen molar-refractivity contribution in [3.05, 3.63) is 34.1 Å². The summed E-state index contributed by atoms with van der Waals surface area (Å²) in [6.45, 7) is 4.68. The van der Waals surface area contributed by atoms with Crippen LogP contribution >= 0.6 is 0 Å². The van der Waals surface area contributed by atoms with Gasteiger partial charge in [0.1, 0.15) is 5.69 Å². The monoisotopic (exact) mass is 351 g/mol. The third kappa shape index (κ3) is 3.46. The molecular weight excluding hydrogens is 328 g/mol. The van der Waals surface area contributed by atoms with Crippen molar-refractivity contribution in [2.45, 2.75) is 45.3 Å². The molecule has 1 fully saturated rings. The number of pyridine rings is 1. The molecule has 2 aromatic rings. The lowest BCUT2D eigenvalue weighted by Crippen LogP contribution is -2.16. The number of halogens is 2. The first kappa shape index (κ1) is 17.7. The first-order valence-corrected chi connectivity index (χ1v) is 8.58. The second-order valence-electron chi connectivity index (χ2n) is 6.66. The number of anilines is 2. The Labute approximate surface area is 144 Å². The molecule has 3 N–H and O–H groups in total. The van der Waals surface area contributed by atoms with E-state index in [-0.39, 0.29) is 34.4 Å². The average Bonchev–Trinajstić information content (AvgIpc) is 3.39. The normalized spacial score (nSPS) is 14.4. The number of hydrogen-bond donors (Lipinski definition) is 2. The summed E-state index contributed by atoms with van der Waals surface area (Å²) in [5, 5.41) is 2.68. The van der Waals surface area contributed by atoms with E-state index in [2.05, 4.69) is 5.32 Å². The predicted molar refractivity (Wildman–Crippen MR) is 95.0 cm³/mol. The molecule has 0 saturated heterocycles. The van der Waals surface area contributed by atoms with Gasteiger partial charge in [-0.3, -0.25) is 4.79 Å². The molecule has 3 rings (SSSR count). The summed E-state index contributed by atoms with van der Waals surface area (Å²) in [6, 6.07) is 1.45. The predicted octanol–water partition coefficient (Wildman–Crippen LogP) is 3.42. The number of ether oxygens (including phenoxy) is 1. The van der Waals surface area contributed by atoms with Crippen LogP contribution in [-0.4, -0.2) is 23.8 Å². The Balaban J connectivity index is 1.96. The van der Waals surface area contributed by atoms with Crippen LogP contribution in [0.4, 0.5) is 20.2 Å². The summed E-state index contributed by atoms with van der Waals surface area (Å²) >= 11 is 0. The molecule has 0 aliphatic heterocycles. The molecule has 0 radical (unpaired) electrons. The van der Waals surface area contributed by atoms with Crippen molar-refractivity contribution in [3.63, 3.8) is 0 Å². The molecule has 1 heterocycles. The molecule has 136 valence electrons. The van der Waals surface area contributed by atoms with Gasteiger partial charge in [-0.25, -0.2) is 8.78 Å². The molecule has 1 saturated carbocycles. The first-order valence-electron chi connectivity index (χ1n) is 8.58. The molecule has 1 aromatic heterocycles. The van der Waals surface area contributed by atoms with E-state index in [9.17, 15) is 9.18 Å². The quantitative estimate of drug-likeness (QED) is 0.592. The van der Waals surface area contributed by atoms with Crippen LogP contribution in [0.5, 0.6) is 0 Å². The van der Waals surface area contributed by atoms with Crippen LogP contribution in [0.15, 0.2) is 17.1 Å². The molecule has 5 nitrogen and oxygen atoms in total. The van der Waals surface area contributed by atoms with E-state index in [4.69, 9.17) is 10.5 Å². The molecule has 1 aliphatic rings. The number of benzene rings is 1. The maximum Gasteiger partial charge on any atom is 0.191 e. The summed E-state index contributed by atoms with van der Waals surface area (Å²) < 4.78 is 36.7. The van der Waals surface area contributed by atoms with Crippen LogP contribution in [0.3, 0.4) is 0 Å². The lowest BCUT2D eigenvalue weighted by atomic mass is 10.1. The van der Waals surface area contributed by atoms with Crippen molar-refractivity contribution in [1.82, 2.24) is 4.57 Å². The molecule has 7 heteroatoms. The first-order chi connectivity index (χ1) is 11.9. The maximum absolute atomic E-state index is 15.0. The minimum Gasteiger partial charge on any atom is -0.396 e. The SMILES string of the molecule is CC(C)OCCCNc1c(F)c(N)c2c(=O)ccn(C3CC3)c2c1F. The number of rotatable bonds is 7. The second kappa shape index (κ2) is 7.00. The van der Waals surface area contributed by atoms with E-state index in [1.807, 2.05) is 13.8 Å². The van der Waals surface area contributed by atoms with Crippen LogP contribution in [0.2, 0.25) is 0 Å². The van der Waals surface area contributed by atoms with Crippen molar-refractivity contribution in [2.24, 2.45) is 0 Å². The molecule has 0 unspecified atom stereocenters. The van der Waals surface area contributed by atoms with Gasteiger partial charge in [-0.2, -0.15) is 0 Å². The van der Waals surface area contributed by atoms with Gasteiger partial charge in [0.2, 0.25) is 0 Å². The minimum atomic E-state index is -0.916. The van der Waals surface area contributed by atoms with Gasteiger partial charge < -0.3 is 20.4 Å². The van der Waals surface area contributed by atoms with Gasteiger partial charge in [0.05, 0.1) is 22.7 Å². The van der Waals surface area contributed by atoms with Crippen molar-refractivity contribution in [2.75, 3.05) is 24.2 Å². The summed E-state index contributed by atoms with van der Waals surface area (Å²) in [6.07, 6.45) is 4.08. The van der Waals surface area contributed by atoms with Gasteiger partial charge in [0.25, 0.3) is 0 Å². The fourth-order valence-corrected chi connectivity index (χ4v) is 2.91. The largest absolute Gasteiger partial charge is 0.396 e. The van der Waals surface area contributed by atoms with Gasteiger partial charge in [0.15, 0.2) is 17.1 Å². The number of hydrogen-bond acceptors (Lipinski definition) is 4. The van der Waals surface area contributed by atoms with E-state index in [1.165, 1.54) is 6.07 Å². The zero-order valence-corrected chi connectivity index (χ0v) is 14.4. The average molecular weight is 351 g/mol. The number of aromatic nitrogens is 1. The summed E-state index contributed by atoms with van der Waals surface area (Å²) in [5.74, 6) is -1.68. The Morgan fingerprint density at radius 2 is 2.08 bits per heavy atom. The number of nitrogen functional groups attached to an aromatic ring is 1. The molecule has 0 bridgehead atoms. The van der Waals surface area contributed by atoms with E-state index < -0.39 is 17.1 Å². The molecule has 0 spiro atoms. The Morgan fingerprint density at radius 1 is 1.36 bits per heavy atom. The Morgan fingerprint density at radius 3 is 2.72 bits per heavy atom. The highest BCUT2D eigenvalue weighted by molar-refractivity contribution is 5.94. The lowest BCUT2D eigenvalue weighted by molar-refractivity contribution is 0.0787. The summed E-state index contributed by atoms with van der Waals surface area (Å²) in [4.78, 5) is 12.1. The highest BCUT2D eigenvalue weighted by Gasteiger charge is 2.28. The van der Waals surface area contributed by atoms with Crippen molar-refractivity contribution in [3.8, 4) is 0 Å². The number of nitrogens with zero attached hydrogens (tertiary/aromatic N) is 1. The molecule has 0 atom stereocenters.